The van der Waals surface area contributed by atoms with E-state index in [0.717, 1.165) is 0 Å². The van der Waals surface area contributed by atoms with Crippen molar-refractivity contribution in [3.63, 3.8) is 0 Å². The van der Waals surface area contributed by atoms with Crippen LogP contribution >= 0.6 is 23.2 Å². The fraction of sp³-hybridized carbons (Fsp3) is 0.263. The summed E-state index contributed by atoms with van der Waals surface area (Å²) in [5, 5.41) is 3.47. The van der Waals surface area contributed by atoms with Gasteiger partial charge in [0.1, 0.15) is 0 Å². The van der Waals surface area contributed by atoms with Gasteiger partial charge in [0.05, 0.1) is 22.8 Å². The molecule has 2 aromatic carbocycles. The molecular formula is C19H18Cl2N2O3. The van der Waals surface area contributed by atoms with Gasteiger partial charge in [0, 0.05) is 29.9 Å². The molecule has 26 heavy (non-hydrogen) atoms. The van der Waals surface area contributed by atoms with E-state index in [0.29, 0.717) is 46.6 Å². The number of benzene rings is 2. The molecule has 1 fully saturated rings. The van der Waals surface area contributed by atoms with Crippen molar-refractivity contribution in [2.45, 2.75) is 13.0 Å². The monoisotopic (exact) mass is 392 g/mol. The third-order valence-corrected chi connectivity index (χ3v) is 4.82. The Morgan fingerprint density at radius 1 is 1.12 bits per heavy atom. The minimum atomic E-state index is -0.326. The maximum atomic E-state index is 12.7. The number of carbonyl (C=O) groups excluding carboxylic acids is 2. The van der Waals surface area contributed by atoms with Crippen molar-refractivity contribution in [2.75, 3.05) is 25.0 Å². The summed E-state index contributed by atoms with van der Waals surface area (Å²) in [6.07, 6.45) is 0.0187. The van der Waals surface area contributed by atoms with Crippen LogP contribution in [-0.2, 0) is 4.74 Å². The van der Waals surface area contributed by atoms with E-state index in [2.05, 4.69) is 5.32 Å². The van der Waals surface area contributed by atoms with Gasteiger partial charge in [0.15, 0.2) is 0 Å². The molecule has 2 amide bonds. The van der Waals surface area contributed by atoms with Gasteiger partial charge in [-0.2, -0.15) is 0 Å². The minimum Gasteiger partial charge on any atom is -0.375 e. The summed E-state index contributed by atoms with van der Waals surface area (Å²) in [5.41, 5.74) is 1.44. The molecule has 1 unspecified atom stereocenters. The number of halogens is 2. The Labute approximate surface area is 161 Å². The number of rotatable bonds is 3. The van der Waals surface area contributed by atoms with Crippen LogP contribution in [0.5, 0.6) is 0 Å². The summed E-state index contributed by atoms with van der Waals surface area (Å²) in [6.45, 7) is 3.58. The summed E-state index contributed by atoms with van der Waals surface area (Å²) < 4.78 is 5.47. The lowest BCUT2D eigenvalue weighted by Gasteiger charge is -2.31. The number of hydrogen-bond donors (Lipinski definition) is 1. The second kappa shape index (κ2) is 8.08. The molecule has 3 rings (SSSR count). The lowest BCUT2D eigenvalue weighted by molar-refractivity contribution is -0.0124. The Morgan fingerprint density at radius 2 is 1.92 bits per heavy atom. The van der Waals surface area contributed by atoms with E-state index >= 15 is 0 Å². The second-order valence-corrected chi connectivity index (χ2v) is 6.91. The topological polar surface area (TPSA) is 58.6 Å². The van der Waals surface area contributed by atoms with Crippen LogP contribution in [0, 0.1) is 0 Å². The Bertz CT molecular complexity index is 841. The third kappa shape index (κ3) is 4.36. The molecule has 0 spiro atoms. The molecule has 1 atom stereocenters. The Hall–Kier alpha value is -2.08. The van der Waals surface area contributed by atoms with Crippen LogP contribution < -0.4 is 5.32 Å². The lowest BCUT2D eigenvalue weighted by Crippen LogP contribution is -2.44. The summed E-state index contributed by atoms with van der Waals surface area (Å²) in [5.74, 6) is -0.404. The molecule has 1 aliphatic heterocycles. The summed E-state index contributed by atoms with van der Waals surface area (Å²) in [7, 11) is 0. The van der Waals surface area contributed by atoms with Gasteiger partial charge in [0.2, 0.25) is 0 Å². The number of ether oxygens (including phenoxy) is 1. The molecular weight excluding hydrogens is 375 g/mol. The van der Waals surface area contributed by atoms with Crippen LogP contribution in [0.3, 0.4) is 0 Å². The average molecular weight is 393 g/mol. The van der Waals surface area contributed by atoms with Gasteiger partial charge in [-0.05, 0) is 43.3 Å². The number of carbonyl (C=O) groups is 2. The normalized spacial score (nSPS) is 17.0. The van der Waals surface area contributed by atoms with Crippen molar-refractivity contribution in [3.05, 3.63) is 63.6 Å². The van der Waals surface area contributed by atoms with Crippen molar-refractivity contribution < 1.29 is 14.3 Å². The van der Waals surface area contributed by atoms with E-state index in [1.165, 1.54) is 6.07 Å². The maximum Gasteiger partial charge on any atom is 0.255 e. The highest BCUT2D eigenvalue weighted by atomic mass is 35.5. The number of amides is 2. The first-order valence-corrected chi connectivity index (χ1v) is 8.97. The highest BCUT2D eigenvalue weighted by Crippen LogP contribution is 2.23. The lowest BCUT2D eigenvalue weighted by atomic mass is 10.1. The molecule has 0 radical (unpaired) electrons. The number of nitrogens with zero attached hydrogens (tertiary/aromatic N) is 1. The maximum absolute atomic E-state index is 12.7. The highest BCUT2D eigenvalue weighted by molar-refractivity contribution is 6.42. The standard InChI is InChI=1S/C19H18Cl2N2O3/c1-12-11-23(7-8-26-12)19(25)14-3-2-4-15(9-14)22-18(24)13-5-6-16(20)17(21)10-13/h2-6,9-10,12H,7-8,11H2,1H3,(H,22,24). The highest BCUT2D eigenvalue weighted by Gasteiger charge is 2.22. The van der Waals surface area contributed by atoms with Crippen molar-refractivity contribution in [2.24, 2.45) is 0 Å². The number of hydrogen-bond acceptors (Lipinski definition) is 3. The van der Waals surface area contributed by atoms with Crippen molar-refractivity contribution in [1.82, 2.24) is 4.90 Å². The molecule has 2 aromatic rings. The SMILES string of the molecule is CC1CN(C(=O)c2cccc(NC(=O)c3ccc(Cl)c(Cl)c3)c2)CCO1. The zero-order valence-corrected chi connectivity index (χ0v) is 15.7. The minimum absolute atomic E-state index is 0.0187. The second-order valence-electron chi connectivity index (χ2n) is 6.10. The molecule has 0 bridgehead atoms. The molecule has 1 heterocycles. The van der Waals surface area contributed by atoms with Crippen molar-refractivity contribution in [3.8, 4) is 0 Å². The van der Waals surface area contributed by atoms with E-state index in [1.807, 2.05) is 6.92 Å². The summed E-state index contributed by atoms with van der Waals surface area (Å²) >= 11 is 11.8. The fourth-order valence-corrected chi connectivity index (χ4v) is 3.05. The summed E-state index contributed by atoms with van der Waals surface area (Å²) in [6, 6.07) is 11.5. The van der Waals surface area contributed by atoms with Gasteiger partial charge in [-0.15, -0.1) is 0 Å². The van der Waals surface area contributed by atoms with E-state index < -0.39 is 0 Å². The molecule has 1 aliphatic rings. The van der Waals surface area contributed by atoms with Crippen LogP contribution in [0.2, 0.25) is 10.0 Å². The molecule has 136 valence electrons. The molecule has 1 N–H and O–H groups in total. The van der Waals surface area contributed by atoms with E-state index in [-0.39, 0.29) is 17.9 Å². The Morgan fingerprint density at radius 3 is 2.65 bits per heavy atom. The Kier molecular flexibility index (Phi) is 5.81. The molecule has 7 heteroatoms. The van der Waals surface area contributed by atoms with E-state index in [9.17, 15) is 9.59 Å². The van der Waals surface area contributed by atoms with Gasteiger partial charge in [0.25, 0.3) is 11.8 Å². The molecule has 1 saturated heterocycles. The van der Waals surface area contributed by atoms with Crippen LogP contribution in [0.4, 0.5) is 5.69 Å². The zero-order valence-electron chi connectivity index (χ0n) is 14.2. The predicted molar refractivity (Wildman–Crippen MR) is 102 cm³/mol. The van der Waals surface area contributed by atoms with Gasteiger partial charge in [-0.25, -0.2) is 0 Å². The molecule has 5 nitrogen and oxygen atoms in total. The predicted octanol–water partition coefficient (Wildman–Crippen LogP) is 4.11. The van der Waals surface area contributed by atoms with Crippen LogP contribution in [0.1, 0.15) is 27.6 Å². The summed E-state index contributed by atoms with van der Waals surface area (Å²) in [4.78, 5) is 26.8. The van der Waals surface area contributed by atoms with E-state index in [1.54, 1.807) is 41.3 Å². The smallest absolute Gasteiger partial charge is 0.255 e. The van der Waals surface area contributed by atoms with Crippen LogP contribution in [0.25, 0.3) is 0 Å². The first-order valence-electron chi connectivity index (χ1n) is 8.21. The van der Waals surface area contributed by atoms with Crippen molar-refractivity contribution >= 4 is 40.7 Å². The number of nitrogens with one attached hydrogen (secondary N) is 1. The fourth-order valence-electron chi connectivity index (χ4n) is 2.76. The van der Waals surface area contributed by atoms with Crippen molar-refractivity contribution in [1.29, 1.82) is 0 Å². The van der Waals surface area contributed by atoms with Crippen LogP contribution in [-0.4, -0.2) is 42.5 Å². The number of anilines is 1. The van der Waals surface area contributed by atoms with Gasteiger partial charge in [-0.1, -0.05) is 29.3 Å². The quantitative estimate of drug-likeness (QED) is 0.854. The average Bonchev–Trinajstić information content (AvgIpc) is 2.63. The number of morpholine rings is 1. The van der Waals surface area contributed by atoms with E-state index in [4.69, 9.17) is 27.9 Å². The third-order valence-electron chi connectivity index (χ3n) is 4.08. The molecule has 0 saturated carbocycles. The van der Waals surface area contributed by atoms with Gasteiger partial charge >= 0.3 is 0 Å². The first-order chi connectivity index (χ1) is 12.4. The molecule has 0 aliphatic carbocycles. The van der Waals surface area contributed by atoms with Gasteiger partial charge < -0.3 is 15.0 Å². The first kappa shape index (κ1) is 18.7. The largest absolute Gasteiger partial charge is 0.375 e. The molecule has 0 aromatic heterocycles. The zero-order chi connectivity index (χ0) is 18.7. The van der Waals surface area contributed by atoms with Gasteiger partial charge in [-0.3, -0.25) is 9.59 Å². The Balaban J connectivity index is 1.73. The van der Waals surface area contributed by atoms with Crippen LogP contribution in [0.15, 0.2) is 42.5 Å².